The van der Waals surface area contributed by atoms with Crippen molar-refractivity contribution in [2.45, 2.75) is 50.4 Å². The summed E-state index contributed by atoms with van der Waals surface area (Å²) in [4.78, 5) is 2.39. The van der Waals surface area contributed by atoms with Gasteiger partial charge in [-0.2, -0.15) is 0 Å². The van der Waals surface area contributed by atoms with Crippen molar-refractivity contribution in [3.05, 3.63) is 0 Å². The molecule has 1 unspecified atom stereocenters. The van der Waals surface area contributed by atoms with Gasteiger partial charge in [0.25, 0.3) is 0 Å². The molecule has 20 heavy (non-hydrogen) atoms. The Morgan fingerprint density at radius 3 is 2.70 bits per heavy atom. The Kier molecular flexibility index (Phi) is 4.51. The zero-order valence-corrected chi connectivity index (χ0v) is 13.2. The van der Waals surface area contributed by atoms with Gasteiger partial charge in [0.15, 0.2) is 5.16 Å². The molecule has 2 aliphatic heterocycles. The molecule has 0 amide bonds. The summed E-state index contributed by atoms with van der Waals surface area (Å²) in [6.07, 6.45) is 7.24. The number of thioether (sulfide) groups is 1. The van der Waals surface area contributed by atoms with Gasteiger partial charge >= 0.3 is 0 Å². The maximum atomic E-state index is 5.78. The third kappa shape index (κ3) is 2.96. The van der Waals surface area contributed by atoms with Gasteiger partial charge in [-0.25, -0.2) is 0 Å². The summed E-state index contributed by atoms with van der Waals surface area (Å²) in [7, 11) is 0. The number of aromatic nitrogens is 3. The third-order valence-electron chi connectivity index (χ3n) is 4.36. The summed E-state index contributed by atoms with van der Waals surface area (Å²) >= 11 is 1.67. The van der Waals surface area contributed by atoms with Crippen LogP contribution in [-0.4, -0.2) is 46.8 Å². The molecule has 0 spiro atoms. The molecule has 0 radical (unpaired) electrons. The molecule has 0 aromatic carbocycles. The molecule has 5 nitrogen and oxygen atoms in total. The second kappa shape index (κ2) is 6.35. The molecule has 3 heterocycles. The van der Waals surface area contributed by atoms with Gasteiger partial charge in [0.05, 0.1) is 12.6 Å². The van der Waals surface area contributed by atoms with Crippen molar-refractivity contribution in [1.29, 1.82) is 0 Å². The van der Waals surface area contributed by atoms with Crippen LogP contribution in [0.15, 0.2) is 5.16 Å². The van der Waals surface area contributed by atoms with Gasteiger partial charge in [-0.1, -0.05) is 18.7 Å². The molecule has 1 atom stereocenters. The first-order valence-corrected chi connectivity index (χ1v) is 8.84. The van der Waals surface area contributed by atoms with E-state index in [1.807, 2.05) is 0 Å². The normalized spacial score (nSPS) is 24.5. The van der Waals surface area contributed by atoms with Crippen LogP contribution in [0.2, 0.25) is 0 Å². The zero-order valence-electron chi connectivity index (χ0n) is 12.4. The summed E-state index contributed by atoms with van der Waals surface area (Å²) in [5.74, 6) is 1.87. The highest BCUT2D eigenvalue weighted by molar-refractivity contribution is 7.98. The van der Waals surface area contributed by atoms with Crippen LogP contribution in [0.5, 0.6) is 0 Å². The molecule has 0 N–H and O–H groups in total. The van der Waals surface area contributed by atoms with Crippen LogP contribution < -0.4 is 4.90 Å². The van der Waals surface area contributed by atoms with E-state index in [1.54, 1.807) is 11.8 Å². The number of anilines is 1. The second-order valence-corrected chi connectivity index (χ2v) is 6.68. The van der Waals surface area contributed by atoms with E-state index in [9.17, 15) is 0 Å². The molecule has 112 valence electrons. The largest absolute Gasteiger partial charge is 0.376 e. The fourth-order valence-electron chi connectivity index (χ4n) is 3.03. The molecule has 3 rings (SSSR count). The molecule has 1 aromatic rings. The Morgan fingerprint density at radius 1 is 1.25 bits per heavy atom. The number of hydrogen-bond acceptors (Lipinski definition) is 5. The van der Waals surface area contributed by atoms with Crippen LogP contribution in [0, 0.1) is 5.92 Å². The van der Waals surface area contributed by atoms with Gasteiger partial charge in [-0.05, 0) is 37.9 Å². The fourth-order valence-corrected chi connectivity index (χ4v) is 3.53. The molecule has 0 bridgehead atoms. The van der Waals surface area contributed by atoms with Crippen LogP contribution in [0.4, 0.5) is 5.95 Å². The minimum atomic E-state index is 0.333. The second-order valence-electron chi connectivity index (χ2n) is 5.90. The lowest BCUT2D eigenvalue weighted by molar-refractivity contribution is 0.0951. The predicted octanol–water partition coefficient (Wildman–Crippen LogP) is 2.42. The van der Waals surface area contributed by atoms with E-state index in [2.05, 4.69) is 32.8 Å². The van der Waals surface area contributed by atoms with E-state index >= 15 is 0 Å². The fraction of sp³-hybridized carbons (Fsp3) is 0.857. The number of rotatable bonds is 4. The molecule has 2 saturated heterocycles. The van der Waals surface area contributed by atoms with E-state index in [0.717, 1.165) is 49.7 Å². The van der Waals surface area contributed by atoms with Crippen LogP contribution in [0.3, 0.4) is 0 Å². The van der Waals surface area contributed by atoms with Gasteiger partial charge in [0.1, 0.15) is 0 Å². The van der Waals surface area contributed by atoms with E-state index in [-0.39, 0.29) is 0 Å². The Bertz CT molecular complexity index is 436. The van der Waals surface area contributed by atoms with Crippen molar-refractivity contribution in [3.8, 4) is 0 Å². The highest BCUT2D eigenvalue weighted by Crippen LogP contribution is 2.26. The predicted molar refractivity (Wildman–Crippen MR) is 81.4 cm³/mol. The van der Waals surface area contributed by atoms with Gasteiger partial charge in [-0.3, -0.25) is 4.57 Å². The summed E-state index contributed by atoms with van der Waals surface area (Å²) in [6, 6.07) is 0. The molecule has 0 aliphatic carbocycles. The Labute approximate surface area is 125 Å². The lowest BCUT2D eigenvalue weighted by Gasteiger charge is -2.31. The topological polar surface area (TPSA) is 43.2 Å². The van der Waals surface area contributed by atoms with Gasteiger partial charge < -0.3 is 9.64 Å². The van der Waals surface area contributed by atoms with Crippen molar-refractivity contribution in [2.24, 2.45) is 5.92 Å². The quantitative estimate of drug-likeness (QED) is 0.798. The van der Waals surface area contributed by atoms with Crippen LogP contribution in [0.25, 0.3) is 0 Å². The summed E-state index contributed by atoms with van der Waals surface area (Å²) < 4.78 is 8.04. The van der Waals surface area contributed by atoms with Crippen molar-refractivity contribution in [1.82, 2.24) is 14.8 Å². The summed E-state index contributed by atoms with van der Waals surface area (Å²) in [5, 5.41) is 9.80. The highest BCUT2D eigenvalue weighted by Gasteiger charge is 2.25. The maximum Gasteiger partial charge on any atom is 0.228 e. The Hall–Kier alpha value is -0.750. The van der Waals surface area contributed by atoms with Crippen molar-refractivity contribution < 1.29 is 4.74 Å². The molecular formula is C14H24N4OS. The zero-order chi connectivity index (χ0) is 13.9. The van der Waals surface area contributed by atoms with Crippen molar-refractivity contribution in [3.63, 3.8) is 0 Å². The number of nitrogens with zero attached hydrogens (tertiary/aromatic N) is 4. The lowest BCUT2D eigenvalue weighted by Crippen LogP contribution is -2.35. The van der Waals surface area contributed by atoms with Crippen LogP contribution in [-0.2, 0) is 11.3 Å². The Morgan fingerprint density at radius 2 is 2.05 bits per heavy atom. The van der Waals surface area contributed by atoms with Crippen LogP contribution >= 0.6 is 11.8 Å². The van der Waals surface area contributed by atoms with Gasteiger partial charge in [-0.15, -0.1) is 10.2 Å². The van der Waals surface area contributed by atoms with E-state index < -0.39 is 0 Å². The number of piperidine rings is 1. The minimum Gasteiger partial charge on any atom is -0.376 e. The van der Waals surface area contributed by atoms with Crippen LogP contribution in [0.1, 0.15) is 32.6 Å². The molecular weight excluding hydrogens is 272 g/mol. The van der Waals surface area contributed by atoms with Gasteiger partial charge in [0.2, 0.25) is 5.95 Å². The minimum absolute atomic E-state index is 0.333. The first-order valence-electron chi connectivity index (χ1n) is 7.61. The molecule has 6 heteroatoms. The van der Waals surface area contributed by atoms with E-state index in [4.69, 9.17) is 4.74 Å². The SMILES string of the molecule is CSc1nnc(N2CCC(C)CC2)n1CC1CCCO1. The lowest BCUT2D eigenvalue weighted by atomic mass is 10.00. The van der Waals surface area contributed by atoms with E-state index in [1.165, 1.54) is 19.3 Å². The molecule has 2 aliphatic rings. The standard InChI is InChI=1S/C14H24N4OS/c1-11-5-7-17(8-6-11)13-15-16-14(20-2)18(13)10-12-4-3-9-19-12/h11-12H,3-10H2,1-2H3. The summed E-state index contributed by atoms with van der Waals surface area (Å²) in [6.45, 7) is 6.32. The molecule has 0 saturated carbocycles. The highest BCUT2D eigenvalue weighted by atomic mass is 32.2. The Balaban J connectivity index is 1.77. The third-order valence-corrected chi connectivity index (χ3v) is 5.02. The first-order chi connectivity index (χ1) is 9.78. The van der Waals surface area contributed by atoms with Crippen molar-refractivity contribution >= 4 is 17.7 Å². The van der Waals surface area contributed by atoms with Crippen molar-refractivity contribution in [2.75, 3.05) is 30.9 Å². The molecule has 2 fully saturated rings. The van der Waals surface area contributed by atoms with Gasteiger partial charge in [0, 0.05) is 19.7 Å². The average Bonchev–Trinajstić information content (AvgIpc) is 3.10. The number of hydrogen-bond donors (Lipinski definition) is 0. The average molecular weight is 296 g/mol. The summed E-state index contributed by atoms with van der Waals surface area (Å²) in [5.41, 5.74) is 0. The number of ether oxygens (including phenoxy) is 1. The van der Waals surface area contributed by atoms with E-state index in [0.29, 0.717) is 6.10 Å². The smallest absolute Gasteiger partial charge is 0.228 e. The monoisotopic (exact) mass is 296 g/mol. The maximum absolute atomic E-state index is 5.78. The molecule has 1 aromatic heterocycles. The first kappa shape index (κ1) is 14.2.